The van der Waals surface area contributed by atoms with Crippen molar-refractivity contribution in [2.75, 3.05) is 0 Å². The van der Waals surface area contributed by atoms with Crippen LogP contribution in [0.5, 0.6) is 0 Å². The van der Waals surface area contributed by atoms with Crippen LogP contribution in [0.15, 0.2) is 103 Å². The number of hydrogen-bond donors (Lipinski definition) is 1. The molecule has 0 aromatic heterocycles. The summed E-state index contributed by atoms with van der Waals surface area (Å²) < 4.78 is 6.20. The zero-order valence-electron chi connectivity index (χ0n) is 22.7. The predicted octanol–water partition coefficient (Wildman–Crippen LogP) is 7.89. The number of benzene rings is 5. The Morgan fingerprint density at radius 3 is 2.18 bits per heavy atom. The molecule has 1 N–H and O–H groups in total. The highest BCUT2D eigenvalue weighted by atomic mass is 16.5. The van der Waals surface area contributed by atoms with Crippen molar-refractivity contribution < 1.29 is 9.76 Å². The van der Waals surface area contributed by atoms with Crippen molar-refractivity contribution in [3.8, 4) is 22.3 Å². The monoisotopic (exact) mass is 505 g/mol. The Balaban J connectivity index is 1.55. The molecular weight excluding hydrogens is 475 g/mol. The first-order valence-corrected chi connectivity index (χ1v) is 13.3. The summed E-state index contributed by atoms with van der Waals surface area (Å²) in [5, 5.41) is 17.7. The summed E-state index contributed by atoms with van der Waals surface area (Å²) >= 11 is 0. The molecular formula is C36H30BO2. The van der Waals surface area contributed by atoms with E-state index in [1.165, 1.54) is 27.1 Å². The first-order chi connectivity index (χ1) is 18.7. The van der Waals surface area contributed by atoms with Crippen LogP contribution in [0.1, 0.15) is 27.7 Å². The number of hydrogen-bond acceptors (Lipinski definition) is 2. The van der Waals surface area contributed by atoms with Crippen LogP contribution < -0.4 is 5.46 Å². The molecule has 0 aliphatic heterocycles. The van der Waals surface area contributed by atoms with E-state index in [1.807, 2.05) is 19.9 Å². The summed E-state index contributed by atoms with van der Waals surface area (Å²) in [6, 6.07) is 42.7. The van der Waals surface area contributed by atoms with Crippen molar-refractivity contribution in [1.82, 2.24) is 0 Å². The molecule has 0 amide bonds. The van der Waals surface area contributed by atoms with Crippen LogP contribution in [0, 0.1) is 12.1 Å². The third-order valence-corrected chi connectivity index (χ3v) is 7.94. The van der Waals surface area contributed by atoms with Gasteiger partial charge in [0.1, 0.15) is 0 Å². The van der Waals surface area contributed by atoms with Gasteiger partial charge in [-0.2, -0.15) is 0 Å². The lowest BCUT2D eigenvalue weighted by molar-refractivity contribution is -0.0893. The van der Waals surface area contributed by atoms with Crippen LogP contribution >= 0.6 is 0 Å². The summed E-state index contributed by atoms with van der Waals surface area (Å²) in [5.74, 6) is 0. The fourth-order valence-electron chi connectivity index (χ4n) is 4.93. The van der Waals surface area contributed by atoms with Gasteiger partial charge in [0, 0.05) is 5.39 Å². The summed E-state index contributed by atoms with van der Waals surface area (Å²) in [6.07, 6.45) is 0. The highest BCUT2D eigenvalue weighted by molar-refractivity contribution is 6.47. The van der Waals surface area contributed by atoms with Gasteiger partial charge >= 0.3 is 7.48 Å². The average Bonchev–Trinajstić information content (AvgIpc) is 2.94. The fraction of sp³-hybridized carbons (Fsp3) is 0.167. The molecule has 0 fully saturated rings. The maximum Gasteiger partial charge on any atom is 0.330 e. The van der Waals surface area contributed by atoms with E-state index in [0.717, 1.165) is 32.9 Å². The molecule has 39 heavy (non-hydrogen) atoms. The minimum Gasteiger partial charge on any atom is -0.427 e. The Labute approximate surface area is 231 Å². The minimum absolute atomic E-state index is 0.771. The first kappa shape index (κ1) is 25.2. The third kappa shape index (κ3) is 4.79. The van der Waals surface area contributed by atoms with Gasteiger partial charge in [0.2, 0.25) is 0 Å². The summed E-state index contributed by atoms with van der Waals surface area (Å²) in [7, 11) is 1.77. The van der Waals surface area contributed by atoms with Gasteiger partial charge in [-0.05, 0) is 107 Å². The van der Waals surface area contributed by atoms with E-state index >= 15 is 0 Å². The van der Waals surface area contributed by atoms with Gasteiger partial charge in [0.05, 0.1) is 11.2 Å². The third-order valence-electron chi connectivity index (χ3n) is 7.94. The Hall–Kier alpha value is -4.10. The van der Waals surface area contributed by atoms with E-state index < -0.39 is 11.2 Å². The zero-order chi connectivity index (χ0) is 27.2. The summed E-state index contributed by atoms with van der Waals surface area (Å²) in [6.45, 7) is 7.35. The molecule has 0 unspecified atom stereocenters. The molecule has 0 spiro atoms. The van der Waals surface area contributed by atoms with Gasteiger partial charge in [-0.25, -0.2) is 0 Å². The van der Waals surface area contributed by atoms with E-state index in [4.69, 9.17) is 4.65 Å². The van der Waals surface area contributed by atoms with E-state index in [2.05, 4.69) is 109 Å². The fourth-order valence-corrected chi connectivity index (χ4v) is 4.93. The molecule has 6 aromatic carbocycles. The molecule has 0 saturated carbocycles. The van der Waals surface area contributed by atoms with Gasteiger partial charge in [-0.3, -0.25) is 0 Å². The van der Waals surface area contributed by atoms with Crippen LogP contribution in [0.4, 0.5) is 0 Å². The van der Waals surface area contributed by atoms with Gasteiger partial charge in [0.15, 0.2) is 0 Å². The lowest BCUT2D eigenvalue weighted by Crippen LogP contribution is -2.49. The van der Waals surface area contributed by atoms with Gasteiger partial charge in [0.25, 0.3) is 0 Å². The number of rotatable bonds is 6. The molecule has 0 atom stereocenters. The normalized spacial score (nSPS) is 12.1. The smallest absolute Gasteiger partial charge is 0.330 e. The molecule has 2 nitrogen and oxygen atoms in total. The largest absolute Gasteiger partial charge is 0.427 e. The molecule has 6 aromatic rings. The summed E-state index contributed by atoms with van der Waals surface area (Å²) in [4.78, 5) is 0. The molecule has 0 saturated heterocycles. The topological polar surface area (TPSA) is 29.5 Å². The molecule has 0 aliphatic carbocycles. The molecule has 0 bridgehead atoms. The van der Waals surface area contributed by atoms with Crippen LogP contribution in [-0.2, 0) is 4.65 Å². The van der Waals surface area contributed by atoms with Crippen molar-refractivity contribution in [1.29, 1.82) is 0 Å². The quantitative estimate of drug-likeness (QED) is 0.184. The maximum atomic E-state index is 10.7. The van der Waals surface area contributed by atoms with Gasteiger partial charge in [-0.1, -0.05) is 90.4 Å². The Kier molecular flexibility index (Phi) is 6.19. The molecule has 0 heterocycles. The number of aliphatic hydroxyl groups is 1. The number of fused-ring (bicyclic) bond motifs is 4. The molecule has 3 heteroatoms. The van der Waals surface area contributed by atoms with E-state index in [9.17, 15) is 5.11 Å². The molecule has 6 rings (SSSR count). The average molecular weight is 505 g/mol. The standard InChI is InChI=1S/C36H30BO2/c1-35(2,38)36(3,4)39-37-30-21-28(26-18-17-24-11-5-6-12-25(24)19-26)20-29(22-30)34-23-27-13-7-8-14-31(27)32-15-9-10-16-33(32)34/h5,7-11,13-23,38H,1-4H3. The van der Waals surface area contributed by atoms with Crippen molar-refractivity contribution in [2.45, 2.75) is 38.9 Å². The van der Waals surface area contributed by atoms with Crippen molar-refractivity contribution in [2.24, 2.45) is 0 Å². The van der Waals surface area contributed by atoms with Crippen LogP contribution in [-0.4, -0.2) is 23.8 Å². The maximum absolute atomic E-state index is 10.7. The minimum atomic E-state index is -1.01. The second-order valence-electron chi connectivity index (χ2n) is 11.2. The SMILES string of the molecule is CC(C)(O)C(C)(C)O[B]c1cc(-c2ccc3ccc#cc3c2)cc(-c2cc3ccccc3c3ccccc23)c1. The Morgan fingerprint density at radius 1 is 0.667 bits per heavy atom. The van der Waals surface area contributed by atoms with E-state index in [0.29, 0.717) is 0 Å². The Bertz CT molecular complexity index is 1830. The molecule has 189 valence electrons. The van der Waals surface area contributed by atoms with Crippen LogP contribution in [0.25, 0.3) is 54.6 Å². The second kappa shape index (κ2) is 9.58. The summed E-state index contributed by atoms with van der Waals surface area (Å²) in [5.41, 5.74) is 3.61. The van der Waals surface area contributed by atoms with Gasteiger partial charge in [-0.15, -0.1) is 0 Å². The zero-order valence-corrected chi connectivity index (χ0v) is 22.7. The first-order valence-electron chi connectivity index (χ1n) is 13.3. The van der Waals surface area contributed by atoms with Crippen molar-refractivity contribution >= 4 is 45.3 Å². The molecule has 0 aliphatic rings. The van der Waals surface area contributed by atoms with Crippen molar-refractivity contribution in [3.05, 3.63) is 115 Å². The predicted molar refractivity (Wildman–Crippen MR) is 164 cm³/mol. The molecule has 1 radical (unpaired) electrons. The van der Waals surface area contributed by atoms with Crippen LogP contribution in [0.3, 0.4) is 0 Å². The van der Waals surface area contributed by atoms with E-state index in [1.54, 1.807) is 21.3 Å². The Morgan fingerprint density at radius 2 is 1.38 bits per heavy atom. The van der Waals surface area contributed by atoms with Crippen molar-refractivity contribution in [3.63, 3.8) is 0 Å². The highest BCUT2D eigenvalue weighted by Gasteiger charge is 2.35. The lowest BCUT2D eigenvalue weighted by atomic mass is 9.79. The lowest BCUT2D eigenvalue weighted by Gasteiger charge is -2.37. The van der Waals surface area contributed by atoms with Crippen LogP contribution in [0.2, 0.25) is 0 Å². The second-order valence-corrected chi connectivity index (χ2v) is 11.2. The van der Waals surface area contributed by atoms with Gasteiger partial charge < -0.3 is 9.76 Å². The highest BCUT2D eigenvalue weighted by Crippen LogP contribution is 2.36. The van der Waals surface area contributed by atoms with E-state index in [-0.39, 0.29) is 0 Å².